The quantitative estimate of drug-likeness (QED) is 0.580. The Morgan fingerprint density at radius 3 is 3.06 bits per heavy atom. The first-order valence-electron chi connectivity index (χ1n) is 5.77. The fourth-order valence-electron chi connectivity index (χ4n) is 2.58. The van der Waals surface area contributed by atoms with Gasteiger partial charge in [0.1, 0.15) is 6.33 Å². The molecule has 0 amide bonds. The molecule has 1 unspecified atom stereocenters. The zero-order valence-corrected chi connectivity index (χ0v) is 10.4. The molecule has 0 fully saturated rings. The second-order valence-corrected chi connectivity index (χ2v) is 6.55. The average Bonchev–Trinajstić information content (AvgIpc) is 2.77. The van der Waals surface area contributed by atoms with Gasteiger partial charge in [0.05, 0.1) is 10.6 Å². The molecule has 18 heavy (non-hydrogen) atoms. The molecule has 0 radical (unpaired) electrons. The van der Waals surface area contributed by atoms with Gasteiger partial charge in [-0.15, -0.1) is 0 Å². The maximum Gasteiger partial charge on any atom is 0.190 e. The number of hydrogen-bond acceptors (Lipinski definition) is 3. The number of aromatic nitrogens is 2. The van der Waals surface area contributed by atoms with E-state index in [0.717, 1.165) is 11.4 Å². The number of nitrogens with zero attached hydrogens (tertiary/aromatic N) is 2. The highest BCUT2D eigenvalue weighted by Crippen LogP contribution is 2.59. The summed E-state index contributed by atoms with van der Waals surface area (Å²) in [6.45, 7) is 0. The molecular formula is C14H10N2OS. The Morgan fingerprint density at radius 1 is 1.22 bits per heavy atom. The van der Waals surface area contributed by atoms with Crippen LogP contribution in [-0.4, -0.2) is 15.8 Å². The molecule has 4 heteroatoms. The maximum atomic E-state index is 12.0. The molecule has 88 valence electrons. The molecule has 2 aliphatic rings. The minimum absolute atomic E-state index is 0.0483. The standard InChI is InChI=1S/C14H10N2OS/c17-12-6-10-5-9-3-1-2-4-13(9)18(10)14-11(12)7-15-8-16-14/h1-4,6-8,18H,5H2. The molecule has 2 aliphatic heterocycles. The van der Waals surface area contributed by atoms with Crippen molar-refractivity contribution in [3.05, 3.63) is 58.9 Å². The van der Waals surface area contributed by atoms with Gasteiger partial charge >= 0.3 is 0 Å². The number of benzene rings is 1. The van der Waals surface area contributed by atoms with Crippen molar-refractivity contribution in [2.75, 3.05) is 0 Å². The third kappa shape index (κ3) is 1.24. The van der Waals surface area contributed by atoms with Crippen molar-refractivity contribution in [2.24, 2.45) is 0 Å². The monoisotopic (exact) mass is 254 g/mol. The third-order valence-electron chi connectivity index (χ3n) is 3.36. The van der Waals surface area contributed by atoms with E-state index in [1.54, 1.807) is 18.6 Å². The van der Waals surface area contributed by atoms with Crippen molar-refractivity contribution in [1.82, 2.24) is 9.97 Å². The molecule has 4 rings (SSSR count). The first kappa shape index (κ1) is 10.0. The third-order valence-corrected chi connectivity index (χ3v) is 5.92. The summed E-state index contributed by atoms with van der Waals surface area (Å²) in [6.07, 6.45) is 5.86. The van der Waals surface area contributed by atoms with Crippen molar-refractivity contribution >= 4 is 16.7 Å². The van der Waals surface area contributed by atoms with E-state index >= 15 is 0 Å². The Kier molecular flexibility index (Phi) is 1.96. The van der Waals surface area contributed by atoms with Crippen LogP contribution in [0.2, 0.25) is 0 Å². The maximum absolute atomic E-state index is 12.0. The average molecular weight is 254 g/mol. The number of carbonyl (C=O) groups excluding carboxylic acids is 1. The van der Waals surface area contributed by atoms with Gasteiger partial charge in [-0.25, -0.2) is 9.97 Å². The van der Waals surface area contributed by atoms with Gasteiger partial charge in [0.25, 0.3) is 0 Å². The number of ketones is 1. The summed E-state index contributed by atoms with van der Waals surface area (Å²) in [6, 6.07) is 8.41. The van der Waals surface area contributed by atoms with Crippen LogP contribution in [-0.2, 0) is 6.42 Å². The largest absolute Gasteiger partial charge is 0.289 e. The van der Waals surface area contributed by atoms with E-state index in [1.807, 2.05) is 0 Å². The Morgan fingerprint density at radius 2 is 2.11 bits per heavy atom. The SMILES string of the molecule is O=C1C=C2Cc3ccccc3[SH]2c2ncncc21. The van der Waals surface area contributed by atoms with Gasteiger partial charge in [-0.3, -0.25) is 4.79 Å². The van der Waals surface area contributed by atoms with Crippen LogP contribution < -0.4 is 0 Å². The molecule has 1 aromatic carbocycles. The second kappa shape index (κ2) is 3.53. The summed E-state index contributed by atoms with van der Waals surface area (Å²) in [5, 5.41) is 0.924. The van der Waals surface area contributed by atoms with E-state index in [1.165, 1.54) is 15.4 Å². The summed E-state index contributed by atoms with van der Waals surface area (Å²) in [7, 11) is -0.589. The fraction of sp³-hybridized carbons (Fsp3) is 0.0714. The summed E-state index contributed by atoms with van der Waals surface area (Å²) < 4.78 is 0. The van der Waals surface area contributed by atoms with Gasteiger partial charge in [-0.2, -0.15) is 10.9 Å². The molecular weight excluding hydrogens is 244 g/mol. The Labute approximate surface area is 107 Å². The zero-order valence-electron chi connectivity index (χ0n) is 9.50. The van der Waals surface area contributed by atoms with Gasteiger partial charge in [0, 0.05) is 17.5 Å². The van der Waals surface area contributed by atoms with Gasteiger partial charge < -0.3 is 0 Å². The van der Waals surface area contributed by atoms with Gasteiger partial charge in [0.15, 0.2) is 5.78 Å². The Balaban J connectivity index is 2.01. The van der Waals surface area contributed by atoms with Crippen LogP contribution in [0, 0.1) is 0 Å². The lowest BCUT2D eigenvalue weighted by molar-refractivity contribution is 0.104. The molecule has 0 N–H and O–H groups in total. The van der Waals surface area contributed by atoms with Gasteiger partial charge in [0.2, 0.25) is 0 Å². The van der Waals surface area contributed by atoms with Crippen molar-refractivity contribution < 1.29 is 4.79 Å². The van der Waals surface area contributed by atoms with Crippen molar-refractivity contribution in [3.63, 3.8) is 0 Å². The van der Waals surface area contributed by atoms with E-state index in [-0.39, 0.29) is 5.78 Å². The molecule has 0 aliphatic carbocycles. The Bertz CT molecular complexity index is 708. The summed E-state index contributed by atoms with van der Waals surface area (Å²) >= 11 is 0. The normalized spacial score (nSPS) is 21.9. The van der Waals surface area contributed by atoms with Crippen molar-refractivity contribution in [1.29, 1.82) is 0 Å². The second-order valence-electron chi connectivity index (χ2n) is 4.40. The minimum Gasteiger partial charge on any atom is -0.289 e. The van der Waals surface area contributed by atoms with E-state index in [4.69, 9.17) is 0 Å². The number of fused-ring (bicyclic) bond motifs is 5. The molecule has 3 heterocycles. The first-order chi connectivity index (χ1) is 8.84. The highest BCUT2D eigenvalue weighted by Gasteiger charge is 2.33. The molecule has 1 aromatic heterocycles. The molecule has 0 saturated carbocycles. The summed E-state index contributed by atoms with van der Waals surface area (Å²) in [5.74, 6) is 0.0483. The van der Waals surface area contributed by atoms with Crippen molar-refractivity contribution in [3.8, 4) is 0 Å². The van der Waals surface area contributed by atoms with Gasteiger partial charge in [-0.1, -0.05) is 18.2 Å². The minimum atomic E-state index is -0.589. The predicted octanol–water partition coefficient (Wildman–Crippen LogP) is 2.53. The predicted molar refractivity (Wildman–Crippen MR) is 70.1 cm³/mol. The molecule has 0 spiro atoms. The van der Waals surface area contributed by atoms with E-state index in [2.05, 4.69) is 34.2 Å². The summed E-state index contributed by atoms with van der Waals surface area (Å²) in [5.41, 5.74) is 2.00. The fourth-order valence-corrected chi connectivity index (χ4v) is 5.21. The molecule has 0 bridgehead atoms. The highest BCUT2D eigenvalue weighted by atomic mass is 32.2. The van der Waals surface area contributed by atoms with E-state index < -0.39 is 10.9 Å². The van der Waals surface area contributed by atoms with Crippen LogP contribution in [0.15, 0.2) is 57.7 Å². The van der Waals surface area contributed by atoms with Gasteiger partial charge in [-0.05, 0) is 22.6 Å². The van der Waals surface area contributed by atoms with Crippen LogP contribution in [0.4, 0.5) is 0 Å². The van der Waals surface area contributed by atoms with Crippen LogP contribution in [0.3, 0.4) is 0 Å². The Hall–Kier alpha value is -1.94. The number of carbonyl (C=O) groups is 1. The highest BCUT2D eigenvalue weighted by molar-refractivity contribution is 8.20. The zero-order chi connectivity index (χ0) is 12.1. The topological polar surface area (TPSA) is 42.9 Å². The lowest BCUT2D eigenvalue weighted by Crippen LogP contribution is -2.08. The van der Waals surface area contributed by atoms with Crippen LogP contribution in [0.5, 0.6) is 0 Å². The van der Waals surface area contributed by atoms with Crippen molar-refractivity contribution in [2.45, 2.75) is 16.3 Å². The molecule has 1 atom stereocenters. The summed E-state index contributed by atoms with van der Waals surface area (Å²) in [4.78, 5) is 22.9. The number of hydrogen-bond donors (Lipinski definition) is 1. The molecule has 2 aromatic rings. The first-order valence-corrected chi connectivity index (χ1v) is 7.12. The molecule has 3 nitrogen and oxygen atoms in total. The smallest absolute Gasteiger partial charge is 0.190 e. The lowest BCUT2D eigenvalue weighted by atomic mass is 10.1. The van der Waals surface area contributed by atoms with E-state index in [0.29, 0.717) is 5.56 Å². The van der Waals surface area contributed by atoms with Crippen LogP contribution in [0.1, 0.15) is 15.9 Å². The number of rotatable bonds is 0. The van der Waals surface area contributed by atoms with Crippen LogP contribution >= 0.6 is 10.9 Å². The molecule has 0 saturated heterocycles. The van der Waals surface area contributed by atoms with Crippen LogP contribution in [0.25, 0.3) is 0 Å². The van der Waals surface area contributed by atoms with E-state index in [9.17, 15) is 4.79 Å². The number of allylic oxidation sites excluding steroid dienone is 2. The lowest BCUT2D eigenvalue weighted by Gasteiger charge is -2.23. The number of thiol groups is 1.